The van der Waals surface area contributed by atoms with Crippen molar-refractivity contribution in [2.75, 3.05) is 26.4 Å². The third-order valence-corrected chi connectivity index (χ3v) is 2.43. The SMILES string of the molecule is CC(C)COCCCNC(=O)COc1ccccc1F. The van der Waals surface area contributed by atoms with Gasteiger partial charge in [0, 0.05) is 19.8 Å². The predicted molar refractivity (Wildman–Crippen MR) is 75.2 cm³/mol. The molecule has 0 radical (unpaired) electrons. The highest BCUT2D eigenvalue weighted by Crippen LogP contribution is 2.14. The van der Waals surface area contributed by atoms with Gasteiger partial charge in [-0.25, -0.2) is 4.39 Å². The van der Waals surface area contributed by atoms with Crippen LogP contribution in [0, 0.1) is 11.7 Å². The highest BCUT2D eigenvalue weighted by Gasteiger charge is 2.05. The summed E-state index contributed by atoms with van der Waals surface area (Å²) in [4.78, 5) is 11.5. The number of hydrogen-bond donors (Lipinski definition) is 1. The second-order valence-corrected chi connectivity index (χ2v) is 4.89. The van der Waals surface area contributed by atoms with E-state index in [1.54, 1.807) is 12.1 Å². The zero-order chi connectivity index (χ0) is 14.8. The van der Waals surface area contributed by atoms with Crippen molar-refractivity contribution < 1.29 is 18.7 Å². The second kappa shape index (κ2) is 9.31. The van der Waals surface area contributed by atoms with Crippen LogP contribution in [0.5, 0.6) is 5.75 Å². The van der Waals surface area contributed by atoms with Crippen LogP contribution in [-0.2, 0) is 9.53 Å². The van der Waals surface area contributed by atoms with Crippen LogP contribution in [0.15, 0.2) is 24.3 Å². The molecule has 1 aromatic rings. The van der Waals surface area contributed by atoms with E-state index in [4.69, 9.17) is 9.47 Å². The lowest BCUT2D eigenvalue weighted by Crippen LogP contribution is -2.30. The highest BCUT2D eigenvalue weighted by atomic mass is 19.1. The number of para-hydroxylation sites is 1. The second-order valence-electron chi connectivity index (χ2n) is 4.89. The van der Waals surface area contributed by atoms with E-state index in [-0.39, 0.29) is 18.3 Å². The number of ether oxygens (including phenoxy) is 2. The summed E-state index contributed by atoms with van der Waals surface area (Å²) in [6, 6.07) is 6.00. The van der Waals surface area contributed by atoms with Crippen LogP contribution in [0.2, 0.25) is 0 Å². The van der Waals surface area contributed by atoms with Crippen LogP contribution in [0.25, 0.3) is 0 Å². The van der Waals surface area contributed by atoms with E-state index in [9.17, 15) is 9.18 Å². The van der Waals surface area contributed by atoms with Crippen molar-refractivity contribution in [1.82, 2.24) is 5.32 Å². The van der Waals surface area contributed by atoms with Crippen LogP contribution >= 0.6 is 0 Å². The smallest absolute Gasteiger partial charge is 0.257 e. The van der Waals surface area contributed by atoms with Crippen molar-refractivity contribution in [1.29, 1.82) is 0 Å². The Bertz CT molecular complexity index is 410. The van der Waals surface area contributed by atoms with Gasteiger partial charge >= 0.3 is 0 Å². The Morgan fingerprint density at radius 1 is 1.35 bits per heavy atom. The maximum absolute atomic E-state index is 13.2. The Labute approximate surface area is 119 Å². The lowest BCUT2D eigenvalue weighted by Gasteiger charge is -2.09. The summed E-state index contributed by atoms with van der Waals surface area (Å²) in [5.74, 6) is -0.138. The molecule has 0 aliphatic carbocycles. The number of carbonyl (C=O) groups excluding carboxylic acids is 1. The summed E-state index contributed by atoms with van der Waals surface area (Å²) < 4.78 is 23.7. The van der Waals surface area contributed by atoms with Crippen molar-refractivity contribution in [2.24, 2.45) is 5.92 Å². The first-order valence-electron chi connectivity index (χ1n) is 6.81. The largest absolute Gasteiger partial charge is 0.481 e. The monoisotopic (exact) mass is 283 g/mol. The van der Waals surface area contributed by atoms with E-state index in [1.807, 2.05) is 0 Å². The summed E-state index contributed by atoms with van der Waals surface area (Å²) in [7, 11) is 0. The Hall–Kier alpha value is -1.62. The molecule has 0 aliphatic heterocycles. The molecule has 112 valence electrons. The van der Waals surface area contributed by atoms with E-state index in [1.165, 1.54) is 12.1 Å². The minimum absolute atomic E-state index is 0.0860. The van der Waals surface area contributed by atoms with E-state index >= 15 is 0 Å². The Morgan fingerprint density at radius 3 is 2.80 bits per heavy atom. The predicted octanol–water partition coefficient (Wildman–Crippen LogP) is 2.38. The van der Waals surface area contributed by atoms with Crippen molar-refractivity contribution in [3.8, 4) is 5.75 Å². The van der Waals surface area contributed by atoms with Crippen molar-refractivity contribution >= 4 is 5.91 Å². The summed E-state index contributed by atoms with van der Waals surface area (Å²) in [5, 5.41) is 2.69. The summed E-state index contributed by atoms with van der Waals surface area (Å²) in [5.41, 5.74) is 0. The number of hydrogen-bond acceptors (Lipinski definition) is 3. The van der Waals surface area contributed by atoms with E-state index in [0.717, 1.165) is 13.0 Å². The Balaban J connectivity index is 2.08. The molecule has 0 heterocycles. The molecule has 0 saturated carbocycles. The summed E-state index contributed by atoms with van der Waals surface area (Å²) >= 11 is 0. The minimum atomic E-state index is -0.470. The molecule has 1 amide bonds. The third-order valence-electron chi connectivity index (χ3n) is 2.43. The van der Waals surface area contributed by atoms with Crippen LogP contribution in [-0.4, -0.2) is 32.3 Å². The van der Waals surface area contributed by atoms with Gasteiger partial charge in [-0.1, -0.05) is 26.0 Å². The number of benzene rings is 1. The average molecular weight is 283 g/mol. The Morgan fingerprint density at radius 2 is 2.10 bits per heavy atom. The number of carbonyl (C=O) groups is 1. The molecule has 0 spiro atoms. The molecule has 0 unspecified atom stereocenters. The molecule has 1 aromatic carbocycles. The number of amides is 1. The molecule has 0 aromatic heterocycles. The molecule has 1 N–H and O–H groups in total. The molecular weight excluding hydrogens is 261 g/mol. The van der Waals surface area contributed by atoms with E-state index < -0.39 is 5.82 Å². The van der Waals surface area contributed by atoms with Gasteiger partial charge < -0.3 is 14.8 Å². The van der Waals surface area contributed by atoms with Gasteiger partial charge in [-0.15, -0.1) is 0 Å². The van der Waals surface area contributed by atoms with Gasteiger partial charge in [0.2, 0.25) is 0 Å². The van der Waals surface area contributed by atoms with E-state index in [2.05, 4.69) is 19.2 Å². The van der Waals surface area contributed by atoms with Crippen molar-refractivity contribution in [3.63, 3.8) is 0 Å². The average Bonchev–Trinajstić information content (AvgIpc) is 2.41. The molecule has 0 bridgehead atoms. The summed E-state index contributed by atoms with van der Waals surface area (Å²) in [6.45, 7) is 5.85. The van der Waals surface area contributed by atoms with E-state index in [0.29, 0.717) is 19.1 Å². The number of rotatable bonds is 9. The van der Waals surface area contributed by atoms with Crippen molar-refractivity contribution in [3.05, 3.63) is 30.1 Å². The zero-order valence-corrected chi connectivity index (χ0v) is 12.0. The van der Waals surface area contributed by atoms with Crippen molar-refractivity contribution in [2.45, 2.75) is 20.3 Å². The maximum atomic E-state index is 13.2. The fourth-order valence-corrected chi connectivity index (χ4v) is 1.48. The molecule has 1 rings (SSSR count). The first-order valence-corrected chi connectivity index (χ1v) is 6.81. The van der Waals surface area contributed by atoms with Crippen LogP contribution in [0.1, 0.15) is 20.3 Å². The molecular formula is C15H22FNO3. The first kappa shape index (κ1) is 16.4. The van der Waals surface area contributed by atoms with Gasteiger partial charge in [0.25, 0.3) is 5.91 Å². The quantitative estimate of drug-likeness (QED) is 0.708. The van der Waals surface area contributed by atoms with Gasteiger partial charge in [0.1, 0.15) is 0 Å². The first-order chi connectivity index (χ1) is 9.59. The number of halogens is 1. The molecule has 0 saturated heterocycles. The molecule has 5 heteroatoms. The van der Waals surface area contributed by atoms with Gasteiger partial charge in [0.05, 0.1) is 0 Å². The fourth-order valence-electron chi connectivity index (χ4n) is 1.48. The van der Waals surface area contributed by atoms with Crippen LogP contribution < -0.4 is 10.1 Å². The molecule has 0 aliphatic rings. The molecule has 4 nitrogen and oxygen atoms in total. The lowest BCUT2D eigenvalue weighted by atomic mass is 10.2. The Kier molecular flexibility index (Phi) is 7.65. The standard InChI is InChI=1S/C15H22FNO3/c1-12(2)10-19-9-5-8-17-15(18)11-20-14-7-4-3-6-13(14)16/h3-4,6-7,12H,5,8-11H2,1-2H3,(H,17,18). The van der Waals surface area contributed by atoms with Gasteiger partial charge in [-0.05, 0) is 24.5 Å². The summed E-state index contributed by atoms with van der Waals surface area (Å²) in [6.07, 6.45) is 0.748. The zero-order valence-electron chi connectivity index (χ0n) is 12.0. The number of nitrogens with one attached hydrogen (secondary N) is 1. The molecule has 20 heavy (non-hydrogen) atoms. The van der Waals surface area contributed by atoms with Gasteiger partial charge in [-0.2, -0.15) is 0 Å². The van der Waals surface area contributed by atoms with Gasteiger partial charge in [-0.3, -0.25) is 4.79 Å². The van der Waals surface area contributed by atoms with Gasteiger partial charge in [0.15, 0.2) is 18.2 Å². The minimum Gasteiger partial charge on any atom is -0.481 e. The lowest BCUT2D eigenvalue weighted by molar-refractivity contribution is -0.123. The topological polar surface area (TPSA) is 47.6 Å². The normalized spacial score (nSPS) is 10.6. The third kappa shape index (κ3) is 7.09. The molecule has 0 fully saturated rings. The fraction of sp³-hybridized carbons (Fsp3) is 0.533. The highest BCUT2D eigenvalue weighted by molar-refractivity contribution is 5.77. The van der Waals surface area contributed by atoms with Crippen LogP contribution in [0.3, 0.4) is 0 Å². The maximum Gasteiger partial charge on any atom is 0.257 e. The molecule has 0 atom stereocenters. The van der Waals surface area contributed by atoms with Crippen LogP contribution in [0.4, 0.5) is 4.39 Å².